The Labute approximate surface area is 179 Å². The van der Waals surface area contributed by atoms with Gasteiger partial charge in [0.05, 0.1) is 41.8 Å². The SMILES string of the molecule is COc1ccc(S(=O)(=O)N2CCOCC2)cc1C(=O)NC(C)c1ccc(F)c(Cl)c1. The summed E-state index contributed by atoms with van der Waals surface area (Å²) in [5.41, 5.74) is 0.678. The quantitative estimate of drug-likeness (QED) is 0.722. The number of carbonyl (C=O) groups excluding carboxylic acids is 1. The molecule has 1 atom stereocenters. The molecule has 7 nitrogen and oxygen atoms in total. The Morgan fingerprint density at radius 3 is 2.57 bits per heavy atom. The molecule has 1 aliphatic heterocycles. The normalized spacial score (nSPS) is 16.1. The van der Waals surface area contributed by atoms with Crippen molar-refractivity contribution in [1.29, 1.82) is 0 Å². The molecular weight excluding hydrogens is 435 g/mol. The highest BCUT2D eigenvalue weighted by Crippen LogP contribution is 2.26. The minimum absolute atomic E-state index is 0.00664. The summed E-state index contributed by atoms with van der Waals surface area (Å²) in [6, 6.07) is 7.81. The van der Waals surface area contributed by atoms with Crippen LogP contribution >= 0.6 is 11.6 Å². The van der Waals surface area contributed by atoms with Crippen molar-refractivity contribution in [2.45, 2.75) is 17.9 Å². The van der Waals surface area contributed by atoms with E-state index in [4.69, 9.17) is 21.1 Å². The molecule has 162 valence electrons. The minimum Gasteiger partial charge on any atom is -0.496 e. The third-order valence-electron chi connectivity index (χ3n) is 4.81. The summed E-state index contributed by atoms with van der Waals surface area (Å²) in [7, 11) is -2.38. The second-order valence-corrected chi connectivity index (χ2v) is 9.09. The second-order valence-electron chi connectivity index (χ2n) is 6.75. The van der Waals surface area contributed by atoms with Gasteiger partial charge in [0.25, 0.3) is 5.91 Å². The molecule has 10 heteroatoms. The van der Waals surface area contributed by atoms with Gasteiger partial charge in [0.15, 0.2) is 0 Å². The number of nitrogens with one attached hydrogen (secondary N) is 1. The van der Waals surface area contributed by atoms with Gasteiger partial charge in [0.2, 0.25) is 10.0 Å². The lowest BCUT2D eigenvalue weighted by Crippen LogP contribution is -2.40. The first-order chi connectivity index (χ1) is 14.2. The maximum Gasteiger partial charge on any atom is 0.255 e. The van der Waals surface area contributed by atoms with Gasteiger partial charge in [-0.1, -0.05) is 17.7 Å². The lowest BCUT2D eigenvalue weighted by Gasteiger charge is -2.26. The molecule has 1 amide bonds. The van der Waals surface area contributed by atoms with Crippen LogP contribution in [0.1, 0.15) is 28.9 Å². The fourth-order valence-corrected chi connectivity index (χ4v) is 4.72. The number of rotatable bonds is 6. The van der Waals surface area contributed by atoms with E-state index >= 15 is 0 Å². The van der Waals surface area contributed by atoms with Crippen LogP contribution in [0.2, 0.25) is 5.02 Å². The highest BCUT2D eigenvalue weighted by Gasteiger charge is 2.28. The Bertz CT molecular complexity index is 1040. The molecule has 0 aromatic heterocycles. The smallest absolute Gasteiger partial charge is 0.255 e. The topological polar surface area (TPSA) is 84.9 Å². The van der Waals surface area contributed by atoms with E-state index in [1.807, 2.05) is 0 Å². The van der Waals surface area contributed by atoms with Gasteiger partial charge in [-0.25, -0.2) is 12.8 Å². The molecule has 0 saturated carbocycles. The number of halogens is 2. The number of amides is 1. The predicted molar refractivity (Wildman–Crippen MR) is 110 cm³/mol. The largest absolute Gasteiger partial charge is 0.496 e. The predicted octanol–water partition coefficient (Wildman–Crippen LogP) is 3.00. The molecular formula is C20H22ClFN2O5S. The van der Waals surface area contributed by atoms with Gasteiger partial charge >= 0.3 is 0 Å². The molecule has 1 heterocycles. The van der Waals surface area contributed by atoms with Gasteiger partial charge in [-0.2, -0.15) is 4.31 Å². The number of ether oxygens (including phenoxy) is 2. The van der Waals surface area contributed by atoms with Crippen molar-refractivity contribution in [2.75, 3.05) is 33.4 Å². The van der Waals surface area contributed by atoms with Crippen LogP contribution in [0.25, 0.3) is 0 Å². The second kappa shape index (κ2) is 9.30. The van der Waals surface area contributed by atoms with Crippen LogP contribution in [-0.4, -0.2) is 52.0 Å². The lowest BCUT2D eigenvalue weighted by molar-refractivity contribution is 0.0730. The Hall–Kier alpha value is -2.20. The van der Waals surface area contributed by atoms with Crippen LogP contribution in [0.3, 0.4) is 0 Å². The Morgan fingerprint density at radius 2 is 1.93 bits per heavy atom. The van der Waals surface area contributed by atoms with E-state index in [0.29, 0.717) is 18.8 Å². The van der Waals surface area contributed by atoms with Gasteiger partial charge in [-0.3, -0.25) is 4.79 Å². The first kappa shape index (κ1) is 22.5. The molecule has 30 heavy (non-hydrogen) atoms. The Balaban J connectivity index is 1.87. The van der Waals surface area contributed by atoms with Gasteiger partial charge in [-0.15, -0.1) is 0 Å². The van der Waals surface area contributed by atoms with Crippen LogP contribution in [0, 0.1) is 5.82 Å². The van der Waals surface area contributed by atoms with Gasteiger partial charge in [0, 0.05) is 13.1 Å². The zero-order chi connectivity index (χ0) is 21.9. The van der Waals surface area contributed by atoms with Crippen molar-refractivity contribution in [3.8, 4) is 5.75 Å². The molecule has 2 aromatic rings. The zero-order valence-corrected chi connectivity index (χ0v) is 18.1. The Kier molecular flexibility index (Phi) is 6.97. The summed E-state index contributed by atoms with van der Waals surface area (Å²) < 4.78 is 51.0. The van der Waals surface area contributed by atoms with Crippen LogP contribution in [-0.2, 0) is 14.8 Å². The van der Waals surface area contributed by atoms with E-state index in [1.165, 1.54) is 47.8 Å². The number of carbonyl (C=O) groups is 1. The van der Waals surface area contributed by atoms with Crippen molar-refractivity contribution in [3.63, 3.8) is 0 Å². The molecule has 1 saturated heterocycles. The van der Waals surface area contributed by atoms with E-state index in [-0.39, 0.29) is 34.3 Å². The molecule has 3 rings (SSSR count). The fourth-order valence-electron chi connectivity index (χ4n) is 3.10. The van der Waals surface area contributed by atoms with Gasteiger partial charge in [-0.05, 0) is 42.8 Å². The molecule has 0 radical (unpaired) electrons. The van der Waals surface area contributed by atoms with Crippen molar-refractivity contribution in [3.05, 3.63) is 58.4 Å². The van der Waals surface area contributed by atoms with E-state index in [1.54, 1.807) is 6.92 Å². The first-order valence-corrected chi connectivity index (χ1v) is 11.1. The average Bonchev–Trinajstić information content (AvgIpc) is 2.75. The number of morpholine rings is 1. The van der Waals surface area contributed by atoms with Gasteiger partial charge < -0.3 is 14.8 Å². The summed E-state index contributed by atoms with van der Waals surface area (Å²) in [4.78, 5) is 12.9. The Morgan fingerprint density at radius 1 is 1.23 bits per heavy atom. The van der Waals surface area contributed by atoms with Crippen molar-refractivity contribution in [1.82, 2.24) is 9.62 Å². The molecule has 1 N–H and O–H groups in total. The highest BCUT2D eigenvalue weighted by atomic mass is 35.5. The monoisotopic (exact) mass is 456 g/mol. The molecule has 1 aliphatic rings. The molecule has 0 aliphatic carbocycles. The third kappa shape index (κ3) is 4.75. The summed E-state index contributed by atoms with van der Waals surface area (Å²) in [5.74, 6) is -0.849. The van der Waals surface area contributed by atoms with Crippen LogP contribution in [0.5, 0.6) is 5.75 Å². The summed E-state index contributed by atoms with van der Waals surface area (Å²) in [6.07, 6.45) is 0. The average molecular weight is 457 g/mol. The number of hydrogen-bond acceptors (Lipinski definition) is 5. The molecule has 0 bridgehead atoms. The number of sulfonamides is 1. The summed E-state index contributed by atoms with van der Waals surface area (Å²) in [6.45, 7) is 2.85. The summed E-state index contributed by atoms with van der Waals surface area (Å²) >= 11 is 5.82. The van der Waals surface area contributed by atoms with Crippen LogP contribution in [0.15, 0.2) is 41.3 Å². The van der Waals surface area contributed by atoms with E-state index < -0.39 is 27.8 Å². The number of methoxy groups -OCH3 is 1. The van der Waals surface area contributed by atoms with Crippen LogP contribution in [0.4, 0.5) is 4.39 Å². The maximum atomic E-state index is 13.4. The van der Waals surface area contributed by atoms with Gasteiger partial charge in [0.1, 0.15) is 11.6 Å². The van der Waals surface area contributed by atoms with E-state index in [9.17, 15) is 17.6 Å². The minimum atomic E-state index is -3.78. The van der Waals surface area contributed by atoms with E-state index in [0.717, 1.165) is 0 Å². The lowest BCUT2D eigenvalue weighted by atomic mass is 10.1. The molecule has 1 unspecified atom stereocenters. The fraction of sp³-hybridized carbons (Fsp3) is 0.350. The molecule has 0 spiro atoms. The highest BCUT2D eigenvalue weighted by molar-refractivity contribution is 7.89. The molecule has 2 aromatic carbocycles. The zero-order valence-electron chi connectivity index (χ0n) is 16.5. The third-order valence-corrected chi connectivity index (χ3v) is 7.00. The maximum absolute atomic E-state index is 13.4. The van der Waals surface area contributed by atoms with Crippen molar-refractivity contribution >= 4 is 27.5 Å². The number of hydrogen-bond donors (Lipinski definition) is 1. The van der Waals surface area contributed by atoms with Crippen molar-refractivity contribution < 1.29 is 27.1 Å². The van der Waals surface area contributed by atoms with Crippen molar-refractivity contribution in [2.24, 2.45) is 0 Å². The number of nitrogens with zero attached hydrogens (tertiary/aromatic N) is 1. The first-order valence-electron chi connectivity index (χ1n) is 9.26. The standard InChI is InChI=1S/C20H22ClFN2O5S/c1-13(14-3-5-18(22)17(21)11-14)23-20(25)16-12-15(4-6-19(16)28-2)30(26,27)24-7-9-29-10-8-24/h3-6,11-13H,7-10H2,1-2H3,(H,23,25). The number of benzene rings is 2. The summed E-state index contributed by atoms with van der Waals surface area (Å²) in [5, 5.41) is 2.71. The van der Waals surface area contributed by atoms with Crippen LogP contribution < -0.4 is 10.1 Å². The van der Waals surface area contributed by atoms with E-state index in [2.05, 4.69) is 5.32 Å². The molecule has 1 fully saturated rings.